The van der Waals surface area contributed by atoms with Gasteiger partial charge in [-0.25, -0.2) is 4.39 Å². The fourth-order valence-electron chi connectivity index (χ4n) is 2.67. The summed E-state index contributed by atoms with van der Waals surface area (Å²) in [5.41, 5.74) is 2.71. The van der Waals surface area contributed by atoms with Crippen molar-refractivity contribution in [3.8, 4) is 11.1 Å². The van der Waals surface area contributed by atoms with Gasteiger partial charge in [0.05, 0.1) is 12.1 Å². The molecule has 1 aliphatic heterocycles. The average Bonchev–Trinajstić information content (AvgIpc) is 2.88. The summed E-state index contributed by atoms with van der Waals surface area (Å²) in [7, 11) is 1.52. The smallest absolute Gasteiger partial charge is 0.289 e. The van der Waals surface area contributed by atoms with Gasteiger partial charge in [-0.2, -0.15) is 0 Å². The van der Waals surface area contributed by atoms with Gasteiger partial charge in [-0.15, -0.1) is 0 Å². The molecule has 0 radical (unpaired) electrons. The quantitative estimate of drug-likeness (QED) is 0.898. The van der Waals surface area contributed by atoms with Gasteiger partial charge in [0, 0.05) is 13.6 Å². The highest BCUT2D eigenvalue weighted by atomic mass is 19.1. The summed E-state index contributed by atoms with van der Waals surface area (Å²) < 4.78 is 13.0. The molecule has 0 fully saturated rings. The lowest BCUT2D eigenvalue weighted by Crippen LogP contribution is -2.27. The van der Waals surface area contributed by atoms with E-state index in [1.807, 2.05) is 24.3 Å². The number of halogens is 1. The van der Waals surface area contributed by atoms with Crippen molar-refractivity contribution in [1.29, 1.82) is 0 Å². The van der Waals surface area contributed by atoms with Gasteiger partial charge in [0.25, 0.3) is 11.8 Å². The Balaban J connectivity index is 1.70. The minimum atomic E-state index is -0.552. The van der Waals surface area contributed by atoms with Crippen molar-refractivity contribution in [2.24, 2.45) is 0 Å². The van der Waals surface area contributed by atoms with Crippen molar-refractivity contribution < 1.29 is 19.1 Å². The highest BCUT2D eigenvalue weighted by Crippen LogP contribution is 2.21. The third-order valence-corrected chi connectivity index (χ3v) is 4.06. The normalized spacial score (nSPS) is 14.2. The number of benzene rings is 2. The second-order valence-electron chi connectivity index (χ2n) is 5.88. The van der Waals surface area contributed by atoms with Crippen LogP contribution in [0, 0.1) is 5.82 Å². The SMILES string of the molecule is CN1CC(C(=O)NCc2cccc(-c3ccc(F)cc3)c2)=C(O)C1=O. The van der Waals surface area contributed by atoms with Crippen LogP contribution in [-0.4, -0.2) is 35.4 Å². The number of aliphatic hydroxyl groups is 1. The van der Waals surface area contributed by atoms with Crippen LogP contribution in [0.1, 0.15) is 5.56 Å². The Hall–Kier alpha value is -3.15. The molecule has 2 aromatic carbocycles. The molecule has 2 amide bonds. The lowest BCUT2D eigenvalue weighted by Gasteiger charge is -2.09. The highest BCUT2D eigenvalue weighted by molar-refractivity contribution is 6.06. The number of hydrogen-bond acceptors (Lipinski definition) is 3. The molecule has 0 atom stereocenters. The minimum absolute atomic E-state index is 0.0715. The van der Waals surface area contributed by atoms with Crippen molar-refractivity contribution in [2.45, 2.75) is 6.54 Å². The lowest BCUT2D eigenvalue weighted by molar-refractivity contribution is -0.126. The third-order valence-electron chi connectivity index (χ3n) is 4.06. The zero-order valence-electron chi connectivity index (χ0n) is 13.6. The topological polar surface area (TPSA) is 69.6 Å². The zero-order valence-corrected chi connectivity index (χ0v) is 13.6. The highest BCUT2D eigenvalue weighted by Gasteiger charge is 2.31. The fraction of sp³-hybridized carbons (Fsp3) is 0.158. The van der Waals surface area contributed by atoms with Crippen LogP contribution in [0.3, 0.4) is 0 Å². The molecule has 1 heterocycles. The molecule has 128 valence electrons. The Morgan fingerprint density at radius 3 is 2.56 bits per heavy atom. The number of amides is 2. The van der Waals surface area contributed by atoms with Gasteiger partial charge in [0.1, 0.15) is 5.82 Å². The van der Waals surface area contributed by atoms with Crippen LogP contribution >= 0.6 is 0 Å². The van der Waals surface area contributed by atoms with Crippen molar-refractivity contribution in [1.82, 2.24) is 10.2 Å². The monoisotopic (exact) mass is 340 g/mol. The Morgan fingerprint density at radius 2 is 1.92 bits per heavy atom. The summed E-state index contributed by atoms with van der Waals surface area (Å²) >= 11 is 0. The first-order chi connectivity index (χ1) is 12.0. The molecule has 0 aromatic heterocycles. The second kappa shape index (κ2) is 6.76. The molecule has 0 bridgehead atoms. The van der Waals surface area contributed by atoms with E-state index in [4.69, 9.17) is 0 Å². The number of nitrogens with one attached hydrogen (secondary N) is 1. The first kappa shape index (κ1) is 16.7. The molecule has 5 nitrogen and oxygen atoms in total. The number of likely N-dealkylation sites (N-methyl/N-ethyl adjacent to an activating group) is 1. The molecule has 6 heteroatoms. The Kier molecular flexibility index (Phi) is 4.52. The van der Waals surface area contributed by atoms with Crippen LogP contribution in [0.25, 0.3) is 11.1 Å². The number of nitrogens with zero attached hydrogens (tertiary/aromatic N) is 1. The first-order valence-corrected chi connectivity index (χ1v) is 7.76. The van der Waals surface area contributed by atoms with E-state index in [-0.39, 0.29) is 24.5 Å². The number of rotatable bonds is 4. The van der Waals surface area contributed by atoms with Crippen molar-refractivity contribution >= 4 is 11.8 Å². The maximum atomic E-state index is 13.0. The van der Waals surface area contributed by atoms with Crippen LogP contribution < -0.4 is 5.32 Å². The van der Waals surface area contributed by atoms with Gasteiger partial charge in [0.15, 0.2) is 5.76 Å². The van der Waals surface area contributed by atoms with Crippen LogP contribution in [0.4, 0.5) is 4.39 Å². The average molecular weight is 340 g/mol. The molecule has 0 aliphatic carbocycles. The molecule has 1 aliphatic rings. The van der Waals surface area contributed by atoms with Crippen molar-refractivity contribution in [3.63, 3.8) is 0 Å². The summed E-state index contributed by atoms with van der Waals surface area (Å²) in [5.74, 6) is -1.82. The van der Waals surface area contributed by atoms with Crippen molar-refractivity contribution in [3.05, 3.63) is 71.2 Å². The van der Waals surface area contributed by atoms with Gasteiger partial charge >= 0.3 is 0 Å². The van der Waals surface area contributed by atoms with Gasteiger partial charge in [-0.3, -0.25) is 9.59 Å². The Labute approximate surface area is 144 Å². The zero-order chi connectivity index (χ0) is 18.0. The van der Waals surface area contributed by atoms with E-state index in [9.17, 15) is 19.1 Å². The standard InChI is InChI=1S/C19H17FN2O3/c1-22-11-16(17(23)19(22)25)18(24)21-10-12-3-2-4-14(9-12)13-5-7-15(20)8-6-13/h2-9,23H,10-11H2,1H3,(H,21,24). The second-order valence-corrected chi connectivity index (χ2v) is 5.88. The number of hydrogen-bond donors (Lipinski definition) is 2. The van der Waals surface area contributed by atoms with Crippen LogP contribution in [0.5, 0.6) is 0 Å². The molecule has 2 aromatic rings. The molecule has 0 unspecified atom stereocenters. The van der Waals surface area contributed by atoms with E-state index >= 15 is 0 Å². The van der Waals surface area contributed by atoms with Gasteiger partial charge in [-0.1, -0.05) is 30.3 Å². The first-order valence-electron chi connectivity index (χ1n) is 7.76. The summed E-state index contributed by atoms with van der Waals surface area (Å²) in [6.45, 7) is 0.342. The Bertz CT molecular complexity index is 859. The van der Waals surface area contributed by atoms with E-state index in [0.29, 0.717) is 0 Å². The fourth-order valence-corrected chi connectivity index (χ4v) is 2.67. The summed E-state index contributed by atoms with van der Waals surface area (Å²) in [6, 6.07) is 13.7. The Morgan fingerprint density at radius 1 is 1.20 bits per heavy atom. The van der Waals surface area contributed by atoms with E-state index in [2.05, 4.69) is 5.32 Å². The molecule has 25 heavy (non-hydrogen) atoms. The summed E-state index contributed by atoms with van der Waals surface area (Å²) in [4.78, 5) is 25.0. The predicted molar refractivity (Wildman–Crippen MR) is 91.0 cm³/mol. The molecule has 0 saturated carbocycles. The molecular formula is C19H17FN2O3. The summed E-state index contributed by atoms with van der Waals surface area (Å²) in [5, 5.41) is 12.4. The van der Waals surface area contributed by atoms with Gasteiger partial charge < -0.3 is 15.3 Å². The molecule has 0 saturated heterocycles. The largest absolute Gasteiger partial charge is 0.503 e. The maximum absolute atomic E-state index is 13.0. The van der Waals surface area contributed by atoms with Crippen LogP contribution in [0.15, 0.2) is 59.9 Å². The van der Waals surface area contributed by atoms with E-state index < -0.39 is 17.6 Å². The number of aliphatic hydroxyl groups excluding tert-OH is 1. The predicted octanol–water partition coefficient (Wildman–Crippen LogP) is 2.39. The van der Waals surface area contributed by atoms with E-state index in [1.165, 1.54) is 24.1 Å². The van der Waals surface area contributed by atoms with Crippen LogP contribution in [-0.2, 0) is 16.1 Å². The summed E-state index contributed by atoms with van der Waals surface area (Å²) in [6.07, 6.45) is 0. The molecular weight excluding hydrogens is 323 g/mol. The van der Waals surface area contributed by atoms with E-state index in [1.54, 1.807) is 12.1 Å². The number of carbonyl (C=O) groups is 2. The van der Waals surface area contributed by atoms with Crippen molar-refractivity contribution in [2.75, 3.05) is 13.6 Å². The maximum Gasteiger partial charge on any atom is 0.289 e. The lowest BCUT2D eigenvalue weighted by atomic mass is 10.0. The van der Waals surface area contributed by atoms with Gasteiger partial charge in [-0.05, 0) is 34.9 Å². The molecule has 2 N–H and O–H groups in total. The third kappa shape index (κ3) is 3.52. The van der Waals surface area contributed by atoms with E-state index in [0.717, 1.165) is 16.7 Å². The van der Waals surface area contributed by atoms with Gasteiger partial charge in [0.2, 0.25) is 0 Å². The molecule has 0 spiro atoms. The minimum Gasteiger partial charge on any atom is -0.503 e. The molecule has 3 rings (SSSR count). The van der Waals surface area contributed by atoms with Crippen LogP contribution in [0.2, 0.25) is 0 Å². The number of carbonyl (C=O) groups excluding carboxylic acids is 2.